The molecule has 2 rings (SSSR count). The first-order chi connectivity index (χ1) is 8.18. The Labute approximate surface area is 109 Å². The lowest BCUT2D eigenvalue weighted by Crippen LogP contribution is -2.40. The minimum atomic E-state index is 0.157. The molecule has 0 aromatic carbocycles. The van der Waals surface area contributed by atoms with E-state index in [1.54, 1.807) is 0 Å². The predicted molar refractivity (Wildman–Crippen MR) is 74.6 cm³/mol. The van der Waals surface area contributed by atoms with Gasteiger partial charge in [-0.3, -0.25) is 0 Å². The molecule has 0 amide bonds. The van der Waals surface area contributed by atoms with Gasteiger partial charge in [0.05, 0.1) is 11.2 Å². The third kappa shape index (κ3) is 2.71. The molecule has 0 spiro atoms. The summed E-state index contributed by atoms with van der Waals surface area (Å²) in [5, 5.41) is 4.91. The zero-order valence-electron chi connectivity index (χ0n) is 11.3. The Balaban J connectivity index is 2.27. The lowest BCUT2D eigenvalue weighted by molar-refractivity contribution is 0.269. The molecule has 17 heavy (non-hydrogen) atoms. The Morgan fingerprint density at radius 1 is 1.06 bits per heavy atom. The molecule has 1 fully saturated rings. The van der Waals surface area contributed by atoms with Gasteiger partial charge in [-0.05, 0) is 33.7 Å². The Morgan fingerprint density at radius 2 is 1.65 bits per heavy atom. The van der Waals surface area contributed by atoms with Crippen LogP contribution in [0.2, 0.25) is 0 Å². The third-order valence-corrected chi connectivity index (χ3v) is 5.40. The number of nitrogens with zero attached hydrogens (tertiary/aromatic N) is 1. The van der Waals surface area contributed by atoms with Crippen molar-refractivity contribution in [3.8, 4) is 0 Å². The Hall–Kier alpha value is -0.410. The number of rotatable bonds is 2. The summed E-state index contributed by atoms with van der Waals surface area (Å²) in [6, 6.07) is 0. The lowest BCUT2D eigenvalue weighted by atomic mass is 9.84. The summed E-state index contributed by atoms with van der Waals surface area (Å²) in [4.78, 5) is 6.18. The molecule has 0 radical (unpaired) electrons. The van der Waals surface area contributed by atoms with E-state index in [-0.39, 0.29) is 5.54 Å². The molecule has 0 bridgehead atoms. The van der Waals surface area contributed by atoms with Gasteiger partial charge < -0.3 is 5.32 Å². The van der Waals surface area contributed by atoms with Gasteiger partial charge in [-0.2, -0.15) is 0 Å². The van der Waals surface area contributed by atoms with Crippen LogP contribution in [0.15, 0.2) is 0 Å². The highest BCUT2D eigenvalue weighted by atomic mass is 32.1. The molecule has 2 nitrogen and oxygen atoms in total. The van der Waals surface area contributed by atoms with Gasteiger partial charge in [-0.25, -0.2) is 4.98 Å². The van der Waals surface area contributed by atoms with Gasteiger partial charge >= 0.3 is 0 Å². The van der Waals surface area contributed by atoms with Crippen LogP contribution < -0.4 is 5.32 Å². The van der Waals surface area contributed by atoms with Crippen molar-refractivity contribution in [2.45, 2.75) is 64.3 Å². The molecule has 96 valence electrons. The molecular formula is C14H24N2S. The molecular weight excluding hydrogens is 228 g/mol. The van der Waals surface area contributed by atoms with Gasteiger partial charge in [0.2, 0.25) is 0 Å². The standard InChI is InChI=1S/C14H24N2S/c1-11-12(2)17-13(16-11)14(15-3)9-7-5-4-6-8-10-14/h15H,4-10H2,1-3H3. The molecule has 1 aromatic rings. The second-order valence-corrected chi connectivity index (χ2v) is 6.46. The maximum Gasteiger partial charge on any atom is 0.113 e. The number of aromatic nitrogens is 1. The van der Waals surface area contributed by atoms with Gasteiger partial charge in [0, 0.05) is 4.88 Å². The highest BCUT2D eigenvalue weighted by Gasteiger charge is 2.33. The van der Waals surface area contributed by atoms with Crippen LogP contribution in [0.4, 0.5) is 0 Å². The van der Waals surface area contributed by atoms with E-state index in [1.807, 2.05) is 11.3 Å². The second kappa shape index (κ2) is 5.49. The summed E-state index contributed by atoms with van der Waals surface area (Å²) >= 11 is 1.89. The summed E-state index contributed by atoms with van der Waals surface area (Å²) < 4.78 is 0. The molecule has 1 heterocycles. The van der Waals surface area contributed by atoms with E-state index in [9.17, 15) is 0 Å². The Morgan fingerprint density at radius 3 is 2.12 bits per heavy atom. The Bertz CT molecular complexity index is 343. The normalized spacial score (nSPS) is 20.9. The van der Waals surface area contributed by atoms with Gasteiger partial charge in [0.15, 0.2) is 0 Å². The van der Waals surface area contributed by atoms with Crippen LogP contribution >= 0.6 is 11.3 Å². The van der Waals surface area contributed by atoms with Crippen LogP contribution in [-0.2, 0) is 5.54 Å². The number of nitrogens with one attached hydrogen (secondary N) is 1. The summed E-state index contributed by atoms with van der Waals surface area (Å²) in [6.45, 7) is 4.31. The van der Waals surface area contributed by atoms with E-state index in [2.05, 4.69) is 26.2 Å². The van der Waals surface area contributed by atoms with E-state index in [4.69, 9.17) is 4.98 Å². The van der Waals surface area contributed by atoms with Crippen LogP contribution in [0.3, 0.4) is 0 Å². The molecule has 1 aliphatic rings. The largest absolute Gasteiger partial charge is 0.308 e. The lowest BCUT2D eigenvalue weighted by Gasteiger charge is -2.33. The molecule has 1 saturated carbocycles. The predicted octanol–water partition coefficient (Wildman–Crippen LogP) is 3.92. The SMILES string of the molecule is CNC1(c2nc(C)c(C)s2)CCCCCCC1. The topological polar surface area (TPSA) is 24.9 Å². The van der Waals surface area contributed by atoms with Crippen LogP contribution in [-0.4, -0.2) is 12.0 Å². The molecule has 3 heteroatoms. The second-order valence-electron chi connectivity index (χ2n) is 5.26. The van der Waals surface area contributed by atoms with E-state index < -0.39 is 0 Å². The molecule has 0 aliphatic heterocycles. The first kappa shape index (κ1) is 13.0. The number of thiazole rings is 1. The minimum Gasteiger partial charge on any atom is -0.308 e. The first-order valence-electron chi connectivity index (χ1n) is 6.81. The molecule has 0 atom stereocenters. The van der Waals surface area contributed by atoms with Crippen molar-refractivity contribution in [1.82, 2.24) is 10.3 Å². The van der Waals surface area contributed by atoms with Gasteiger partial charge in [0.1, 0.15) is 5.01 Å². The van der Waals surface area contributed by atoms with Crippen molar-refractivity contribution < 1.29 is 0 Å². The summed E-state index contributed by atoms with van der Waals surface area (Å²) in [7, 11) is 2.10. The summed E-state index contributed by atoms with van der Waals surface area (Å²) in [5.74, 6) is 0. The Kier molecular flexibility index (Phi) is 4.21. The first-order valence-corrected chi connectivity index (χ1v) is 7.63. The van der Waals surface area contributed by atoms with Gasteiger partial charge in [-0.15, -0.1) is 11.3 Å². The fourth-order valence-electron chi connectivity index (χ4n) is 2.76. The zero-order valence-corrected chi connectivity index (χ0v) is 12.1. The highest BCUT2D eigenvalue weighted by molar-refractivity contribution is 7.11. The van der Waals surface area contributed by atoms with Crippen molar-refractivity contribution in [2.75, 3.05) is 7.05 Å². The highest BCUT2D eigenvalue weighted by Crippen LogP contribution is 2.37. The summed E-state index contributed by atoms with van der Waals surface area (Å²) in [6.07, 6.45) is 9.33. The number of hydrogen-bond donors (Lipinski definition) is 1. The van der Waals surface area contributed by atoms with E-state index in [0.29, 0.717) is 0 Å². The quantitative estimate of drug-likeness (QED) is 0.863. The fourth-order valence-corrected chi connectivity index (χ4v) is 3.92. The minimum absolute atomic E-state index is 0.157. The molecule has 1 aliphatic carbocycles. The van der Waals surface area contributed by atoms with Crippen molar-refractivity contribution in [1.29, 1.82) is 0 Å². The fraction of sp³-hybridized carbons (Fsp3) is 0.786. The average Bonchev–Trinajstić information content (AvgIpc) is 2.60. The van der Waals surface area contributed by atoms with Crippen LogP contribution in [0.5, 0.6) is 0 Å². The van der Waals surface area contributed by atoms with Crippen molar-refractivity contribution in [3.05, 3.63) is 15.6 Å². The van der Waals surface area contributed by atoms with E-state index in [0.717, 1.165) is 0 Å². The van der Waals surface area contributed by atoms with E-state index >= 15 is 0 Å². The van der Waals surface area contributed by atoms with Gasteiger partial charge in [0.25, 0.3) is 0 Å². The number of aryl methyl sites for hydroxylation is 2. The van der Waals surface area contributed by atoms with E-state index in [1.165, 1.54) is 60.5 Å². The van der Waals surface area contributed by atoms with Crippen LogP contribution in [0.1, 0.15) is 60.5 Å². The van der Waals surface area contributed by atoms with Crippen LogP contribution in [0.25, 0.3) is 0 Å². The maximum absolute atomic E-state index is 4.81. The molecule has 1 aromatic heterocycles. The van der Waals surface area contributed by atoms with Crippen molar-refractivity contribution >= 4 is 11.3 Å². The van der Waals surface area contributed by atoms with Gasteiger partial charge in [-0.1, -0.05) is 32.1 Å². The average molecular weight is 252 g/mol. The van der Waals surface area contributed by atoms with Crippen LogP contribution in [0, 0.1) is 13.8 Å². The molecule has 0 unspecified atom stereocenters. The smallest absolute Gasteiger partial charge is 0.113 e. The zero-order chi connectivity index (χ0) is 12.3. The molecule has 1 N–H and O–H groups in total. The summed E-state index contributed by atoms with van der Waals surface area (Å²) in [5.41, 5.74) is 1.37. The monoisotopic (exact) mass is 252 g/mol. The van der Waals surface area contributed by atoms with Crippen molar-refractivity contribution in [2.24, 2.45) is 0 Å². The van der Waals surface area contributed by atoms with Crippen molar-refractivity contribution in [3.63, 3.8) is 0 Å². The third-order valence-electron chi connectivity index (χ3n) is 4.12. The number of hydrogen-bond acceptors (Lipinski definition) is 3. The molecule has 0 saturated heterocycles. The maximum atomic E-state index is 4.81.